The summed E-state index contributed by atoms with van der Waals surface area (Å²) in [5.74, 6) is 0.847. The van der Waals surface area contributed by atoms with Gasteiger partial charge < -0.3 is 0 Å². The predicted octanol–water partition coefficient (Wildman–Crippen LogP) is 1.17. The molecule has 0 N–H and O–H groups in total. The number of hydrogen-bond donors (Lipinski definition) is 0. The number of aryl methyl sites for hydroxylation is 1. The Hall–Kier alpha value is -1.71. The lowest BCUT2D eigenvalue weighted by molar-refractivity contribution is -0.116. The summed E-state index contributed by atoms with van der Waals surface area (Å²) in [6.45, 7) is 3.41. The minimum Gasteiger partial charge on any atom is -0.300 e. The number of rotatable bonds is 2. The predicted molar refractivity (Wildman–Crippen MR) is 52.1 cm³/mol. The smallest absolute Gasteiger partial charge is 0.146 e. The van der Waals surface area contributed by atoms with Gasteiger partial charge in [0.15, 0.2) is 0 Å². The highest BCUT2D eigenvalue weighted by molar-refractivity contribution is 5.78. The van der Waals surface area contributed by atoms with Crippen LogP contribution in [0.4, 0.5) is 0 Å². The van der Waals surface area contributed by atoms with Crippen molar-refractivity contribution in [2.45, 2.75) is 20.3 Å². The van der Waals surface area contributed by atoms with E-state index in [1.807, 2.05) is 19.1 Å². The van der Waals surface area contributed by atoms with Crippen LogP contribution in [0.25, 0.3) is 5.52 Å². The molecule has 0 aliphatic heterocycles. The average Bonchev–Trinajstić information content (AvgIpc) is 2.47. The highest BCUT2D eigenvalue weighted by atomic mass is 16.1. The third-order valence-electron chi connectivity index (χ3n) is 2.02. The quantitative estimate of drug-likeness (QED) is 0.712. The normalized spacial score (nSPS) is 10.7. The molecule has 0 spiro atoms. The number of Topliss-reactive ketones (excluding diaryl/α,β-unsaturated/α-hetero) is 1. The van der Waals surface area contributed by atoms with E-state index in [4.69, 9.17) is 0 Å². The topological polar surface area (TPSA) is 47.3 Å². The van der Waals surface area contributed by atoms with Crippen LogP contribution in [0.5, 0.6) is 0 Å². The van der Waals surface area contributed by atoms with E-state index in [0.717, 1.165) is 11.2 Å². The summed E-state index contributed by atoms with van der Waals surface area (Å²) in [5.41, 5.74) is 1.84. The average molecular weight is 189 g/mol. The standard InChI is InChI=1S/C10H11N3O/c1-7(14)5-9-3-4-10-6-11-8(2)12-13(9)10/h3-4,6H,5H2,1-2H3. The summed E-state index contributed by atoms with van der Waals surface area (Å²) in [6.07, 6.45) is 2.18. The van der Waals surface area contributed by atoms with Gasteiger partial charge in [-0.25, -0.2) is 9.50 Å². The fourth-order valence-electron chi connectivity index (χ4n) is 1.43. The van der Waals surface area contributed by atoms with Crippen LogP contribution in [-0.4, -0.2) is 20.4 Å². The lowest BCUT2D eigenvalue weighted by atomic mass is 10.2. The molecular formula is C10H11N3O. The van der Waals surface area contributed by atoms with Gasteiger partial charge in [0.1, 0.15) is 11.6 Å². The van der Waals surface area contributed by atoms with E-state index in [-0.39, 0.29) is 5.78 Å². The molecule has 72 valence electrons. The van der Waals surface area contributed by atoms with E-state index in [2.05, 4.69) is 10.1 Å². The summed E-state index contributed by atoms with van der Waals surface area (Å²) in [5, 5.41) is 4.24. The monoisotopic (exact) mass is 189 g/mol. The molecular weight excluding hydrogens is 178 g/mol. The fourth-order valence-corrected chi connectivity index (χ4v) is 1.43. The molecule has 0 fully saturated rings. The SMILES string of the molecule is CC(=O)Cc1ccc2cnc(C)nn12. The van der Waals surface area contributed by atoms with Gasteiger partial charge in [0, 0.05) is 6.42 Å². The maximum atomic E-state index is 11.0. The van der Waals surface area contributed by atoms with Crippen LogP contribution in [0.3, 0.4) is 0 Å². The third kappa shape index (κ3) is 1.51. The maximum Gasteiger partial charge on any atom is 0.146 e. The van der Waals surface area contributed by atoms with Crippen LogP contribution in [0.2, 0.25) is 0 Å². The van der Waals surface area contributed by atoms with E-state index in [1.165, 1.54) is 0 Å². The number of carbonyl (C=O) groups is 1. The molecule has 2 rings (SSSR count). The Labute approximate surface area is 81.6 Å². The molecule has 2 aromatic rings. The van der Waals surface area contributed by atoms with Gasteiger partial charge in [-0.15, -0.1) is 0 Å². The molecule has 0 aliphatic carbocycles. The first kappa shape index (κ1) is 8.87. The minimum atomic E-state index is 0.140. The Balaban J connectivity index is 2.55. The second kappa shape index (κ2) is 3.21. The third-order valence-corrected chi connectivity index (χ3v) is 2.02. The van der Waals surface area contributed by atoms with Crippen molar-refractivity contribution < 1.29 is 4.79 Å². The molecule has 4 nitrogen and oxygen atoms in total. The van der Waals surface area contributed by atoms with Crippen molar-refractivity contribution in [3.05, 3.63) is 29.8 Å². The van der Waals surface area contributed by atoms with Crippen LogP contribution in [0.1, 0.15) is 18.4 Å². The first-order valence-electron chi connectivity index (χ1n) is 4.46. The number of ketones is 1. The Kier molecular flexibility index (Phi) is 2.04. The first-order valence-corrected chi connectivity index (χ1v) is 4.46. The zero-order valence-corrected chi connectivity index (χ0v) is 8.19. The number of aromatic nitrogens is 3. The van der Waals surface area contributed by atoms with Crippen molar-refractivity contribution in [3.63, 3.8) is 0 Å². The number of hydrogen-bond acceptors (Lipinski definition) is 3. The van der Waals surface area contributed by atoms with Gasteiger partial charge in [-0.3, -0.25) is 4.79 Å². The van der Waals surface area contributed by atoms with Crippen molar-refractivity contribution >= 4 is 11.3 Å². The fraction of sp³-hybridized carbons (Fsp3) is 0.300. The van der Waals surface area contributed by atoms with Crippen molar-refractivity contribution in [2.24, 2.45) is 0 Å². The van der Waals surface area contributed by atoms with Crippen molar-refractivity contribution in [3.8, 4) is 0 Å². The second-order valence-corrected chi connectivity index (χ2v) is 3.35. The minimum absolute atomic E-state index is 0.140. The molecule has 0 unspecified atom stereocenters. The lowest BCUT2D eigenvalue weighted by Crippen LogP contribution is -2.04. The number of nitrogens with zero attached hydrogens (tertiary/aromatic N) is 3. The highest BCUT2D eigenvalue weighted by Crippen LogP contribution is 2.08. The highest BCUT2D eigenvalue weighted by Gasteiger charge is 2.05. The van der Waals surface area contributed by atoms with Crippen molar-refractivity contribution in [1.82, 2.24) is 14.6 Å². The molecule has 14 heavy (non-hydrogen) atoms. The summed E-state index contributed by atoms with van der Waals surface area (Å²) in [7, 11) is 0. The Morgan fingerprint density at radius 2 is 2.29 bits per heavy atom. The molecule has 0 aromatic carbocycles. The van der Waals surface area contributed by atoms with Crippen molar-refractivity contribution in [1.29, 1.82) is 0 Å². The molecule has 0 saturated carbocycles. The van der Waals surface area contributed by atoms with Crippen LogP contribution in [0.15, 0.2) is 18.3 Å². The molecule has 2 heterocycles. The largest absolute Gasteiger partial charge is 0.300 e. The number of fused-ring (bicyclic) bond motifs is 1. The van der Waals surface area contributed by atoms with Crippen LogP contribution in [0, 0.1) is 6.92 Å². The van der Waals surface area contributed by atoms with Gasteiger partial charge in [-0.1, -0.05) is 0 Å². The van der Waals surface area contributed by atoms with Crippen LogP contribution in [-0.2, 0) is 11.2 Å². The molecule has 0 bridgehead atoms. The molecule has 0 amide bonds. The van der Waals surface area contributed by atoms with E-state index in [9.17, 15) is 4.79 Å². The lowest BCUT2D eigenvalue weighted by Gasteiger charge is -1.99. The van der Waals surface area contributed by atoms with Crippen LogP contribution < -0.4 is 0 Å². The van der Waals surface area contributed by atoms with Gasteiger partial charge in [0.2, 0.25) is 0 Å². The van der Waals surface area contributed by atoms with Gasteiger partial charge in [0.05, 0.1) is 17.4 Å². The molecule has 0 atom stereocenters. The maximum absolute atomic E-state index is 11.0. The van der Waals surface area contributed by atoms with Gasteiger partial charge in [-0.05, 0) is 26.0 Å². The van der Waals surface area contributed by atoms with E-state index >= 15 is 0 Å². The molecule has 0 radical (unpaired) electrons. The summed E-state index contributed by atoms with van der Waals surface area (Å²) < 4.78 is 1.77. The van der Waals surface area contributed by atoms with Crippen molar-refractivity contribution in [2.75, 3.05) is 0 Å². The van der Waals surface area contributed by atoms with Crippen LogP contribution >= 0.6 is 0 Å². The molecule has 0 saturated heterocycles. The first-order chi connectivity index (χ1) is 6.66. The summed E-state index contributed by atoms with van der Waals surface area (Å²) >= 11 is 0. The van der Waals surface area contributed by atoms with E-state index in [1.54, 1.807) is 17.6 Å². The van der Waals surface area contributed by atoms with E-state index < -0.39 is 0 Å². The Morgan fingerprint density at radius 3 is 3.00 bits per heavy atom. The van der Waals surface area contributed by atoms with E-state index in [0.29, 0.717) is 12.2 Å². The zero-order valence-electron chi connectivity index (χ0n) is 8.19. The molecule has 4 heteroatoms. The number of carbonyl (C=O) groups excluding carboxylic acids is 1. The summed E-state index contributed by atoms with van der Waals surface area (Å²) in [6, 6.07) is 3.82. The Bertz CT molecular complexity index is 487. The Morgan fingerprint density at radius 1 is 1.50 bits per heavy atom. The zero-order chi connectivity index (χ0) is 10.1. The van der Waals surface area contributed by atoms with Gasteiger partial charge in [0.25, 0.3) is 0 Å². The second-order valence-electron chi connectivity index (χ2n) is 3.35. The molecule has 0 aliphatic rings. The van der Waals surface area contributed by atoms with Gasteiger partial charge in [-0.2, -0.15) is 5.10 Å². The molecule has 2 aromatic heterocycles. The summed E-state index contributed by atoms with van der Waals surface area (Å²) in [4.78, 5) is 15.1. The van der Waals surface area contributed by atoms with Gasteiger partial charge >= 0.3 is 0 Å².